The van der Waals surface area contributed by atoms with Crippen LogP contribution in [0.4, 0.5) is 0 Å². The highest BCUT2D eigenvalue weighted by Gasteiger charge is 2.45. The molecule has 2 aliphatic rings. The van der Waals surface area contributed by atoms with Crippen LogP contribution in [0.25, 0.3) is 0 Å². The zero-order valence-electron chi connectivity index (χ0n) is 10.4. The fraction of sp³-hybridized carbons (Fsp3) is 1.00. The van der Waals surface area contributed by atoms with Crippen molar-refractivity contribution in [1.29, 1.82) is 0 Å². The minimum Gasteiger partial charge on any atom is -0.380 e. The molecule has 2 fully saturated rings. The maximum absolute atomic E-state index is 5.55. The lowest BCUT2D eigenvalue weighted by Crippen LogP contribution is -2.44. The summed E-state index contributed by atoms with van der Waals surface area (Å²) in [7, 11) is 1.85. The van der Waals surface area contributed by atoms with Crippen LogP contribution in [0.5, 0.6) is 0 Å². The summed E-state index contributed by atoms with van der Waals surface area (Å²) in [6.07, 6.45) is 7.09. The van der Waals surface area contributed by atoms with Gasteiger partial charge in [-0.3, -0.25) is 0 Å². The van der Waals surface area contributed by atoms with Crippen LogP contribution >= 0.6 is 0 Å². The van der Waals surface area contributed by atoms with Crippen molar-refractivity contribution in [1.82, 2.24) is 5.32 Å². The number of methoxy groups -OCH3 is 1. The fourth-order valence-electron chi connectivity index (χ4n) is 2.83. The molecule has 2 nitrogen and oxygen atoms in total. The molecule has 0 aromatic rings. The first-order valence-electron chi connectivity index (χ1n) is 6.39. The summed E-state index contributed by atoms with van der Waals surface area (Å²) in [5.41, 5.74) is 0.601. The molecule has 0 saturated heterocycles. The van der Waals surface area contributed by atoms with Gasteiger partial charge in [0.05, 0.1) is 6.10 Å². The van der Waals surface area contributed by atoms with Crippen molar-refractivity contribution in [2.75, 3.05) is 13.7 Å². The van der Waals surface area contributed by atoms with E-state index in [2.05, 4.69) is 19.2 Å². The molecular formula is C13H25NO. The largest absolute Gasteiger partial charge is 0.380 e. The van der Waals surface area contributed by atoms with Gasteiger partial charge in [-0.05, 0) is 37.1 Å². The van der Waals surface area contributed by atoms with Crippen LogP contribution in [-0.2, 0) is 4.74 Å². The Labute approximate surface area is 93.8 Å². The van der Waals surface area contributed by atoms with Gasteiger partial charge in [0.25, 0.3) is 0 Å². The second-order valence-electron chi connectivity index (χ2n) is 5.96. The molecule has 2 aliphatic carbocycles. The molecule has 0 amide bonds. The van der Waals surface area contributed by atoms with Crippen molar-refractivity contribution >= 4 is 0 Å². The highest BCUT2D eigenvalue weighted by atomic mass is 16.5. The van der Waals surface area contributed by atoms with Gasteiger partial charge in [0.1, 0.15) is 0 Å². The Morgan fingerprint density at radius 1 is 1.27 bits per heavy atom. The van der Waals surface area contributed by atoms with E-state index >= 15 is 0 Å². The van der Waals surface area contributed by atoms with E-state index in [0.717, 1.165) is 5.92 Å². The number of ether oxygens (including phenoxy) is 1. The molecule has 15 heavy (non-hydrogen) atoms. The molecule has 2 heteroatoms. The highest BCUT2D eigenvalue weighted by molar-refractivity contribution is 4.97. The predicted molar refractivity (Wildman–Crippen MR) is 62.9 cm³/mol. The Kier molecular flexibility index (Phi) is 3.36. The Morgan fingerprint density at radius 3 is 2.53 bits per heavy atom. The van der Waals surface area contributed by atoms with Crippen LogP contribution in [0.3, 0.4) is 0 Å². The van der Waals surface area contributed by atoms with Crippen molar-refractivity contribution in [3.05, 3.63) is 0 Å². The third-order valence-corrected chi connectivity index (χ3v) is 4.35. The smallest absolute Gasteiger partial charge is 0.0724 e. The molecule has 0 aromatic heterocycles. The molecule has 3 unspecified atom stereocenters. The molecule has 0 heterocycles. The van der Waals surface area contributed by atoms with E-state index in [0.29, 0.717) is 17.6 Å². The Hall–Kier alpha value is -0.0800. The molecule has 3 atom stereocenters. The van der Waals surface area contributed by atoms with Crippen molar-refractivity contribution in [3.63, 3.8) is 0 Å². The quantitative estimate of drug-likeness (QED) is 0.771. The normalized spacial score (nSPS) is 39.0. The van der Waals surface area contributed by atoms with E-state index in [1.54, 1.807) is 0 Å². The van der Waals surface area contributed by atoms with Gasteiger partial charge in [-0.1, -0.05) is 26.7 Å². The summed E-state index contributed by atoms with van der Waals surface area (Å²) < 4.78 is 5.55. The van der Waals surface area contributed by atoms with E-state index in [-0.39, 0.29) is 0 Å². The first-order valence-corrected chi connectivity index (χ1v) is 6.39. The average molecular weight is 211 g/mol. The van der Waals surface area contributed by atoms with Gasteiger partial charge < -0.3 is 10.1 Å². The SMILES string of the molecule is COC1CCCCC1NCC1CC1(C)C. The molecule has 0 spiro atoms. The topological polar surface area (TPSA) is 21.3 Å². The van der Waals surface area contributed by atoms with Gasteiger partial charge in [0.2, 0.25) is 0 Å². The third kappa shape index (κ3) is 2.73. The summed E-state index contributed by atoms with van der Waals surface area (Å²) in [6, 6.07) is 0.611. The Balaban J connectivity index is 1.73. The van der Waals surface area contributed by atoms with Gasteiger partial charge >= 0.3 is 0 Å². The summed E-state index contributed by atoms with van der Waals surface area (Å²) in [6.45, 7) is 5.93. The summed E-state index contributed by atoms with van der Waals surface area (Å²) in [5.74, 6) is 0.900. The molecular weight excluding hydrogens is 186 g/mol. The number of hydrogen-bond acceptors (Lipinski definition) is 2. The molecule has 88 valence electrons. The Bertz CT molecular complexity index is 215. The highest BCUT2D eigenvalue weighted by Crippen LogP contribution is 2.51. The summed E-state index contributed by atoms with van der Waals surface area (Å²) in [4.78, 5) is 0. The monoisotopic (exact) mass is 211 g/mol. The van der Waals surface area contributed by atoms with Gasteiger partial charge in [-0.15, -0.1) is 0 Å². The van der Waals surface area contributed by atoms with Crippen LogP contribution in [0.15, 0.2) is 0 Å². The molecule has 0 aromatic carbocycles. The first kappa shape index (κ1) is 11.4. The second kappa shape index (κ2) is 4.42. The third-order valence-electron chi connectivity index (χ3n) is 4.35. The predicted octanol–water partition coefficient (Wildman–Crippen LogP) is 2.58. The van der Waals surface area contributed by atoms with Crippen LogP contribution in [-0.4, -0.2) is 25.8 Å². The molecule has 0 bridgehead atoms. The summed E-state index contributed by atoms with van der Waals surface area (Å²) >= 11 is 0. The number of rotatable bonds is 4. The average Bonchev–Trinajstić information content (AvgIpc) is 2.84. The van der Waals surface area contributed by atoms with Crippen molar-refractivity contribution in [3.8, 4) is 0 Å². The van der Waals surface area contributed by atoms with E-state index in [9.17, 15) is 0 Å². The Morgan fingerprint density at radius 2 is 1.93 bits per heavy atom. The zero-order chi connectivity index (χ0) is 10.9. The van der Waals surface area contributed by atoms with Gasteiger partial charge in [0.15, 0.2) is 0 Å². The van der Waals surface area contributed by atoms with Crippen LogP contribution in [0, 0.1) is 11.3 Å². The van der Waals surface area contributed by atoms with Gasteiger partial charge in [0, 0.05) is 13.2 Å². The van der Waals surface area contributed by atoms with E-state index < -0.39 is 0 Å². The van der Waals surface area contributed by atoms with Crippen LogP contribution in [0.1, 0.15) is 46.0 Å². The number of hydrogen-bond donors (Lipinski definition) is 1. The van der Waals surface area contributed by atoms with E-state index in [1.165, 1.54) is 38.6 Å². The van der Waals surface area contributed by atoms with Crippen molar-refractivity contribution in [2.24, 2.45) is 11.3 Å². The lowest BCUT2D eigenvalue weighted by atomic mass is 9.92. The number of nitrogens with one attached hydrogen (secondary N) is 1. The fourth-order valence-corrected chi connectivity index (χ4v) is 2.83. The van der Waals surface area contributed by atoms with Gasteiger partial charge in [-0.2, -0.15) is 0 Å². The van der Waals surface area contributed by atoms with E-state index in [4.69, 9.17) is 4.74 Å². The minimum atomic E-state index is 0.459. The minimum absolute atomic E-state index is 0.459. The first-order chi connectivity index (χ1) is 7.13. The zero-order valence-corrected chi connectivity index (χ0v) is 10.4. The van der Waals surface area contributed by atoms with Gasteiger partial charge in [-0.25, -0.2) is 0 Å². The molecule has 2 saturated carbocycles. The van der Waals surface area contributed by atoms with Crippen molar-refractivity contribution < 1.29 is 4.74 Å². The standard InChI is InChI=1S/C13H25NO/c1-13(2)8-10(13)9-14-11-6-4-5-7-12(11)15-3/h10-12,14H,4-9H2,1-3H3. The lowest BCUT2D eigenvalue weighted by molar-refractivity contribution is 0.0413. The molecule has 0 radical (unpaired) electrons. The summed E-state index contributed by atoms with van der Waals surface area (Å²) in [5, 5.41) is 3.72. The molecule has 1 N–H and O–H groups in total. The molecule has 2 rings (SSSR count). The van der Waals surface area contributed by atoms with Crippen LogP contribution < -0.4 is 5.32 Å². The second-order valence-corrected chi connectivity index (χ2v) is 5.96. The molecule has 0 aliphatic heterocycles. The maximum Gasteiger partial charge on any atom is 0.0724 e. The van der Waals surface area contributed by atoms with E-state index in [1.807, 2.05) is 7.11 Å². The van der Waals surface area contributed by atoms with Crippen LogP contribution in [0.2, 0.25) is 0 Å². The maximum atomic E-state index is 5.55. The van der Waals surface area contributed by atoms with Crippen molar-refractivity contribution in [2.45, 2.75) is 58.1 Å². The lowest BCUT2D eigenvalue weighted by Gasteiger charge is -2.31.